The van der Waals surface area contributed by atoms with Crippen molar-refractivity contribution in [2.75, 3.05) is 0 Å². The average Bonchev–Trinajstić information content (AvgIpc) is 2.95. The second-order valence-electron chi connectivity index (χ2n) is 9.38. The number of hydrogen-bond acceptors (Lipinski definition) is 3. The maximum Gasteiger partial charge on any atom is 0.416 e. The van der Waals surface area contributed by atoms with E-state index < -0.39 is 82.9 Å². The van der Waals surface area contributed by atoms with Gasteiger partial charge in [-0.2, -0.15) is 52.7 Å². The Labute approximate surface area is 246 Å². The summed E-state index contributed by atoms with van der Waals surface area (Å²) in [5.74, 6) is 0. The fraction of sp³-hybridized carbons (Fsp3) is 0.143. The summed E-state index contributed by atoms with van der Waals surface area (Å²) in [6.45, 7) is 0. The third-order valence-corrected chi connectivity index (χ3v) is 12.0. The van der Waals surface area contributed by atoms with Crippen LogP contribution in [0.3, 0.4) is 0 Å². The molecule has 0 aliphatic rings. The molecule has 4 aromatic carbocycles. The van der Waals surface area contributed by atoms with Gasteiger partial charge in [-0.3, -0.25) is 13.4 Å². The number of halogens is 12. The Morgan fingerprint density at radius 3 is 0.756 bits per heavy atom. The van der Waals surface area contributed by atoms with E-state index in [9.17, 15) is 61.8 Å². The molecule has 0 aromatic heterocycles. The van der Waals surface area contributed by atoms with Gasteiger partial charge in [-0.15, -0.1) is 0 Å². The van der Waals surface area contributed by atoms with Crippen molar-refractivity contribution < 1.29 is 66.1 Å². The highest BCUT2D eigenvalue weighted by molar-refractivity contribution is 7.86. The van der Waals surface area contributed by atoms with Crippen molar-refractivity contribution in [1.29, 1.82) is 0 Å². The van der Waals surface area contributed by atoms with Crippen molar-refractivity contribution in [3.05, 3.63) is 119 Å². The molecule has 45 heavy (non-hydrogen) atoms. The summed E-state index contributed by atoms with van der Waals surface area (Å²) in [5.41, 5.74) is -5.93. The summed E-state index contributed by atoms with van der Waals surface area (Å²) >= 11 is 0. The normalized spacial score (nSPS) is 13.6. The number of benzene rings is 4. The smallest absolute Gasteiger partial charge is 0.282 e. The SMILES string of the molecule is O=P(OP(=O)(c1cccc(C(F)(F)F)c1)c1cccc(C(F)(F)F)c1)(c1cccc(C(F)(F)F)c1)c1cccc(C(F)(F)F)c1. The molecular formula is C28H16F12O3P2. The first-order valence-electron chi connectivity index (χ1n) is 12.2. The lowest BCUT2D eigenvalue weighted by molar-refractivity contribution is -0.138. The molecular weight excluding hydrogens is 674 g/mol. The molecule has 0 aliphatic heterocycles. The first-order valence-corrected chi connectivity index (χ1v) is 15.4. The standard InChI is InChI=1S/C28H16F12O3P2/c29-25(30,31)17-5-1-9-21(13-17)44(41,22-10-2-6-18(14-22)26(32,33)34)43-45(42,23-11-3-7-19(15-23)27(35,36)37)24-12-4-8-20(16-24)28(38,39)40/h1-16H. The number of hydrogen-bond donors (Lipinski definition) is 0. The molecule has 0 heterocycles. The highest BCUT2D eigenvalue weighted by Crippen LogP contribution is 2.62. The van der Waals surface area contributed by atoms with Crippen LogP contribution in [-0.4, -0.2) is 0 Å². The molecule has 0 radical (unpaired) electrons. The largest absolute Gasteiger partial charge is 0.416 e. The van der Waals surface area contributed by atoms with Crippen LogP contribution in [-0.2, 0) is 38.1 Å². The van der Waals surface area contributed by atoms with Crippen LogP contribution < -0.4 is 21.2 Å². The molecule has 0 spiro atoms. The van der Waals surface area contributed by atoms with Gasteiger partial charge in [-0.1, -0.05) is 24.3 Å². The molecule has 4 aromatic rings. The van der Waals surface area contributed by atoms with Gasteiger partial charge in [0, 0.05) is 21.2 Å². The maximum atomic E-state index is 14.7. The second kappa shape index (κ2) is 11.7. The van der Waals surface area contributed by atoms with E-state index >= 15 is 0 Å². The summed E-state index contributed by atoms with van der Waals surface area (Å²) < 4.78 is 198. The van der Waals surface area contributed by atoms with Crippen molar-refractivity contribution in [2.24, 2.45) is 0 Å². The van der Waals surface area contributed by atoms with Crippen molar-refractivity contribution in [2.45, 2.75) is 24.7 Å². The van der Waals surface area contributed by atoms with Crippen LogP contribution in [0.5, 0.6) is 0 Å². The molecule has 0 unspecified atom stereocenters. The van der Waals surface area contributed by atoms with E-state index in [-0.39, 0.29) is 24.3 Å². The predicted molar refractivity (Wildman–Crippen MR) is 141 cm³/mol. The Morgan fingerprint density at radius 1 is 0.378 bits per heavy atom. The Kier molecular flexibility index (Phi) is 8.91. The lowest BCUT2D eigenvalue weighted by atomic mass is 10.2. The molecule has 0 atom stereocenters. The lowest BCUT2D eigenvalue weighted by Gasteiger charge is -2.28. The van der Waals surface area contributed by atoms with Gasteiger partial charge in [0.1, 0.15) is 0 Å². The Balaban J connectivity index is 2.09. The topological polar surface area (TPSA) is 43.4 Å². The molecule has 0 bridgehead atoms. The first-order chi connectivity index (χ1) is 20.5. The van der Waals surface area contributed by atoms with Crippen LogP contribution >= 0.6 is 14.7 Å². The van der Waals surface area contributed by atoms with Crippen LogP contribution in [0.2, 0.25) is 0 Å². The van der Waals surface area contributed by atoms with Gasteiger partial charge in [0.25, 0.3) is 14.7 Å². The molecule has 0 saturated carbocycles. The molecule has 17 heteroatoms. The van der Waals surface area contributed by atoms with E-state index in [1.807, 2.05) is 0 Å². The highest BCUT2D eigenvalue weighted by atomic mass is 31.2. The Hall–Kier alpha value is -3.54. The van der Waals surface area contributed by atoms with Crippen LogP contribution in [0, 0.1) is 0 Å². The van der Waals surface area contributed by atoms with Gasteiger partial charge in [-0.25, -0.2) is 0 Å². The average molecular weight is 690 g/mol. The van der Waals surface area contributed by atoms with Gasteiger partial charge in [-0.05, 0) is 72.8 Å². The second-order valence-corrected chi connectivity index (χ2v) is 14.3. The van der Waals surface area contributed by atoms with Gasteiger partial charge in [0.05, 0.1) is 22.3 Å². The van der Waals surface area contributed by atoms with Gasteiger partial charge < -0.3 is 0 Å². The molecule has 0 fully saturated rings. The zero-order valence-electron chi connectivity index (χ0n) is 21.9. The summed E-state index contributed by atoms with van der Waals surface area (Å²) in [4.78, 5) is 0. The Bertz CT molecular complexity index is 1550. The third-order valence-electron chi connectivity index (χ3n) is 6.28. The summed E-state index contributed by atoms with van der Waals surface area (Å²) in [7, 11) is -11.0. The van der Waals surface area contributed by atoms with Gasteiger partial charge >= 0.3 is 24.7 Å². The first kappa shape index (κ1) is 34.3. The van der Waals surface area contributed by atoms with Crippen molar-refractivity contribution in [1.82, 2.24) is 0 Å². The Morgan fingerprint density at radius 2 is 0.578 bits per heavy atom. The predicted octanol–water partition coefficient (Wildman–Crippen LogP) is 8.94. The molecule has 4 rings (SSSR count). The molecule has 0 saturated heterocycles. The zero-order valence-corrected chi connectivity index (χ0v) is 23.7. The lowest BCUT2D eigenvalue weighted by Crippen LogP contribution is -2.26. The van der Waals surface area contributed by atoms with E-state index in [0.717, 1.165) is 24.3 Å². The number of alkyl halides is 12. The van der Waals surface area contributed by atoms with Crippen LogP contribution in [0.15, 0.2) is 97.1 Å². The quantitative estimate of drug-likeness (QED) is 0.150. The van der Waals surface area contributed by atoms with E-state index in [4.69, 9.17) is 4.31 Å². The van der Waals surface area contributed by atoms with Gasteiger partial charge in [0.15, 0.2) is 0 Å². The fourth-order valence-electron chi connectivity index (χ4n) is 4.11. The fourth-order valence-corrected chi connectivity index (χ4v) is 9.88. The molecule has 0 amide bonds. The molecule has 240 valence electrons. The van der Waals surface area contributed by atoms with Crippen LogP contribution in [0.25, 0.3) is 0 Å². The van der Waals surface area contributed by atoms with Crippen molar-refractivity contribution >= 4 is 36.0 Å². The van der Waals surface area contributed by atoms with Gasteiger partial charge in [0.2, 0.25) is 0 Å². The maximum absolute atomic E-state index is 14.7. The zero-order chi connectivity index (χ0) is 33.6. The molecule has 0 N–H and O–H groups in total. The molecule has 3 nitrogen and oxygen atoms in total. The third kappa shape index (κ3) is 7.31. The summed E-state index contributed by atoms with van der Waals surface area (Å²) in [5, 5.41) is -3.96. The highest BCUT2D eigenvalue weighted by Gasteiger charge is 2.45. The molecule has 0 aliphatic carbocycles. The monoisotopic (exact) mass is 690 g/mol. The van der Waals surface area contributed by atoms with E-state index in [1.54, 1.807) is 0 Å². The minimum Gasteiger partial charge on any atom is -0.282 e. The van der Waals surface area contributed by atoms with E-state index in [2.05, 4.69) is 0 Å². The van der Waals surface area contributed by atoms with Crippen LogP contribution in [0.4, 0.5) is 52.7 Å². The van der Waals surface area contributed by atoms with Crippen molar-refractivity contribution in [3.8, 4) is 0 Å². The summed E-state index contributed by atoms with van der Waals surface area (Å²) in [6.07, 6.45) is -20.4. The van der Waals surface area contributed by atoms with Crippen LogP contribution in [0.1, 0.15) is 22.3 Å². The summed E-state index contributed by atoms with van der Waals surface area (Å²) in [6, 6.07) is 8.51. The number of rotatable bonds is 6. The van der Waals surface area contributed by atoms with Crippen molar-refractivity contribution in [3.63, 3.8) is 0 Å². The minimum atomic E-state index is -5.51. The minimum absolute atomic E-state index is 0.212. The van der Waals surface area contributed by atoms with E-state index in [0.29, 0.717) is 48.5 Å². The van der Waals surface area contributed by atoms with E-state index in [1.165, 1.54) is 0 Å².